The van der Waals surface area contributed by atoms with Gasteiger partial charge >= 0.3 is 6.18 Å². The lowest BCUT2D eigenvalue weighted by Gasteiger charge is -2.13. The van der Waals surface area contributed by atoms with Gasteiger partial charge in [0.2, 0.25) is 0 Å². The normalized spacial score (nSPS) is 15.1. The molecule has 1 aromatic carbocycles. The van der Waals surface area contributed by atoms with Gasteiger partial charge in [-0.1, -0.05) is 24.4 Å². The number of alkyl halides is 3. The van der Waals surface area contributed by atoms with E-state index in [9.17, 15) is 18.0 Å². The second kappa shape index (κ2) is 7.53. The molecule has 0 atom stereocenters. The van der Waals surface area contributed by atoms with Crippen molar-refractivity contribution < 1.29 is 18.0 Å². The van der Waals surface area contributed by atoms with Crippen LogP contribution in [0.2, 0.25) is 5.02 Å². The minimum Gasteiger partial charge on any atom is -0.367 e. The van der Waals surface area contributed by atoms with E-state index < -0.39 is 22.7 Å². The van der Waals surface area contributed by atoms with E-state index in [2.05, 4.69) is 15.6 Å². The van der Waals surface area contributed by atoms with Crippen molar-refractivity contribution >= 4 is 29.0 Å². The largest absolute Gasteiger partial charge is 0.417 e. The maximum atomic E-state index is 12.9. The van der Waals surface area contributed by atoms with E-state index in [-0.39, 0.29) is 11.3 Å². The number of hydrogen-bond donors (Lipinski definition) is 2. The number of nitrogens with zero attached hydrogens (tertiary/aromatic N) is 1. The second-order valence-corrected chi connectivity index (χ2v) is 6.61. The summed E-state index contributed by atoms with van der Waals surface area (Å²) in [6, 6.07) is 6.91. The van der Waals surface area contributed by atoms with Crippen LogP contribution in [0.4, 0.5) is 24.7 Å². The van der Waals surface area contributed by atoms with Gasteiger partial charge in [-0.05, 0) is 43.2 Å². The number of anilines is 2. The number of carbonyl (C=O) groups excluding carboxylic acids is 1. The molecule has 8 heteroatoms. The third-order valence-corrected chi connectivity index (χ3v) is 4.59. The van der Waals surface area contributed by atoms with Crippen molar-refractivity contribution in [2.24, 2.45) is 0 Å². The van der Waals surface area contributed by atoms with Gasteiger partial charge in [0.25, 0.3) is 5.91 Å². The molecule has 138 valence electrons. The van der Waals surface area contributed by atoms with Crippen LogP contribution in [-0.4, -0.2) is 16.9 Å². The van der Waals surface area contributed by atoms with E-state index in [1.165, 1.54) is 25.1 Å². The van der Waals surface area contributed by atoms with Crippen LogP contribution in [-0.2, 0) is 6.18 Å². The highest BCUT2D eigenvalue weighted by molar-refractivity contribution is 6.31. The molecule has 3 rings (SSSR count). The first-order valence-corrected chi connectivity index (χ1v) is 8.61. The number of pyridine rings is 1. The molecule has 0 unspecified atom stereocenters. The number of carbonyl (C=O) groups is 1. The third kappa shape index (κ3) is 4.46. The first kappa shape index (κ1) is 18.5. The summed E-state index contributed by atoms with van der Waals surface area (Å²) in [7, 11) is 0. The smallest absolute Gasteiger partial charge is 0.367 e. The average molecular weight is 384 g/mol. The number of aromatic nitrogens is 1. The molecule has 26 heavy (non-hydrogen) atoms. The van der Waals surface area contributed by atoms with Gasteiger partial charge in [-0.15, -0.1) is 0 Å². The van der Waals surface area contributed by atoms with Crippen molar-refractivity contribution in [3.8, 4) is 0 Å². The molecule has 2 aromatic rings. The Morgan fingerprint density at radius 2 is 1.88 bits per heavy atom. The number of rotatable bonds is 4. The van der Waals surface area contributed by atoms with Gasteiger partial charge in [0.15, 0.2) is 0 Å². The molecule has 0 bridgehead atoms. The Morgan fingerprint density at radius 1 is 1.15 bits per heavy atom. The van der Waals surface area contributed by atoms with E-state index >= 15 is 0 Å². The van der Waals surface area contributed by atoms with Gasteiger partial charge in [0.1, 0.15) is 5.82 Å². The standard InChI is InChI=1S/C18H17ClF3N3O/c19-15-7-6-13(9-14(15)18(20,21)22)25-17(26)11-5-8-16(23-10-11)24-12-3-1-2-4-12/h5-10,12H,1-4H2,(H,23,24)(H,25,26). The van der Waals surface area contributed by atoms with Crippen molar-refractivity contribution in [2.45, 2.75) is 37.9 Å². The van der Waals surface area contributed by atoms with Crippen LogP contribution >= 0.6 is 11.6 Å². The topological polar surface area (TPSA) is 54.0 Å². The molecule has 0 saturated heterocycles. The Labute approximate surface area is 153 Å². The number of amides is 1. The Balaban J connectivity index is 1.68. The van der Waals surface area contributed by atoms with Gasteiger partial charge < -0.3 is 10.6 Å². The van der Waals surface area contributed by atoms with Crippen molar-refractivity contribution in [3.05, 3.63) is 52.7 Å². The van der Waals surface area contributed by atoms with Crippen LogP contribution in [0.5, 0.6) is 0 Å². The van der Waals surface area contributed by atoms with Crippen molar-refractivity contribution in [2.75, 3.05) is 10.6 Å². The van der Waals surface area contributed by atoms with Crippen molar-refractivity contribution in [1.29, 1.82) is 0 Å². The first-order chi connectivity index (χ1) is 12.3. The van der Waals surface area contributed by atoms with Gasteiger partial charge in [0, 0.05) is 17.9 Å². The number of nitrogens with one attached hydrogen (secondary N) is 2. The quantitative estimate of drug-likeness (QED) is 0.747. The Bertz CT molecular complexity index is 787. The fraction of sp³-hybridized carbons (Fsp3) is 0.333. The molecule has 1 aromatic heterocycles. The zero-order valence-electron chi connectivity index (χ0n) is 13.7. The molecule has 2 N–H and O–H groups in total. The molecule has 1 heterocycles. The highest BCUT2D eigenvalue weighted by Gasteiger charge is 2.33. The summed E-state index contributed by atoms with van der Waals surface area (Å²) >= 11 is 5.57. The summed E-state index contributed by atoms with van der Waals surface area (Å²) in [5.41, 5.74) is -0.725. The third-order valence-electron chi connectivity index (χ3n) is 4.26. The fourth-order valence-corrected chi connectivity index (χ4v) is 3.14. The summed E-state index contributed by atoms with van der Waals surface area (Å²) in [6.45, 7) is 0. The highest BCUT2D eigenvalue weighted by Crippen LogP contribution is 2.36. The molecule has 1 aliphatic rings. The molecule has 0 aliphatic heterocycles. The van der Waals surface area contributed by atoms with Gasteiger partial charge in [0.05, 0.1) is 16.1 Å². The van der Waals surface area contributed by atoms with Crippen molar-refractivity contribution in [3.63, 3.8) is 0 Å². The maximum Gasteiger partial charge on any atom is 0.417 e. The average Bonchev–Trinajstić information content (AvgIpc) is 3.09. The summed E-state index contributed by atoms with van der Waals surface area (Å²) in [5, 5.41) is 5.32. The van der Waals surface area contributed by atoms with Gasteiger partial charge in [-0.25, -0.2) is 4.98 Å². The zero-order chi connectivity index (χ0) is 18.7. The minimum atomic E-state index is -4.59. The van der Waals surface area contributed by atoms with E-state index in [0.29, 0.717) is 11.9 Å². The molecule has 1 fully saturated rings. The second-order valence-electron chi connectivity index (χ2n) is 6.20. The molecule has 1 amide bonds. The number of hydrogen-bond acceptors (Lipinski definition) is 3. The predicted molar refractivity (Wildman–Crippen MR) is 94.5 cm³/mol. The molecule has 1 aliphatic carbocycles. The van der Waals surface area contributed by atoms with Gasteiger partial charge in [-0.3, -0.25) is 4.79 Å². The summed E-state index contributed by atoms with van der Waals surface area (Å²) in [4.78, 5) is 16.4. The zero-order valence-corrected chi connectivity index (χ0v) is 14.5. The molecule has 1 saturated carbocycles. The highest BCUT2D eigenvalue weighted by atomic mass is 35.5. The summed E-state index contributed by atoms with van der Waals surface area (Å²) in [5.74, 6) is 0.139. The van der Waals surface area contributed by atoms with Crippen molar-refractivity contribution in [1.82, 2.24) is 4.98 Å². The molecule has 0 spiro atoms. The van der Waals surface area contributed by atoms with E-state index in [4.69, 9.17) is 11.6 Å². The van der Waals surface area contributed by atoms with Crippen LogP contribution in [0.15, 0.2) is 36.5 Å². The summed E-state index contributed by atoms with van der Waals surface area (Å²) < 4.78 is 38.7. The van der Waals surface area contributed by atoms with E-state index in [0.717, 1.165) is 25.0 Å². The predicted octanol–water partition coefficient (Wildman–Crippen LogP) is 5.36. The van der Waals surface area contributed by atoms with Gasteiger partial charge in [-0.2, -0.15) is 13.2 Å². The molecular weight excluding hydrogens is 367 g/mol. The lowest BCUT2D eigenvalue weighted by molar-refractivity contribution is -0.137. The molecule has 0 radical (unpaired) electrons. The lowest BCUT2D eigenvalue weighted by Crippen LogP contribution is -2.16. The lowest BCUT2D eigenvalue weighted by atomic mass is 10.2. The SMILES string of the molecule is O=C(Nc1ccc(Cl)c(C(F)(F)F)c1)c1ccc(NC2CCCC2)nc1. The van der Waals surface area contributed by atoms with E-state index in [1.807, 2.05) is 0 Å². The van der Waals surface area contributed by atoms with Crippen LogP contribution < -0.4 is 10.6 Å². The molecular formula is C18H17ClF3N3O. The Morgan fingerprint density at radius 3 is 2.50 bits per heavy atom. The minimum absolute atomic E-state index is 0.0138. The Kier molecular flexibility index (Phi) is 5.36. The number of halogens is 4. The van der Waals surface area contributed by atoms with Crippen LogP contribution in [0, 0.1) is 0 Å². The summed E-state index contributed by atoms with van der Waals surface area (Å²) in [6.07, 6.45) is 1.39. The first-order valence-electron chi connectivity index (χ1n) is 8.23. The monoisotopic (exact) mass is 383 g/mol. The van der Waals surface area contributed by atoms with Crippen LogP contribution in [0.25, 0.3) is 0 Å². The molecule has 4 nitrogen and oxygen atoms in total. The fourth-order valence-electron chi connectivity index (χ4n) is 2.92. The van der Waals surface area contributed by atoms with E-state index in [1.54, 1.807) is 12.1 Å². The Hall–Kier alpha value is -2.28. The maximum absolute atomic E-state index is 12.9. The van der Waals surface area contributed by atoms with Crippen LogP contribution in [0.1, 0.15) is 41.6 Å². The number of benzene rings is 1. The van der Waals surface area contributed by atoms with Crippen LogP contribution in [0.3, 0.4) is 0 Å².